The summed E-state index contributed by atoms with van der Waals surface area (Å²) in [7, 11) is -2.55. The van der Waals surface area contributed by atoms with E-state index in [9.17, 15) is 8.42 Å². The Kier molecular flexibility index (Phi) is 8.50. The van der Waals surface area contributed by atoms with E-state index in [0.29, 0.717) is 24.7 Å². The van der Waals surface area contributed by atoms with E-state index in [-0.39, 0.29) is 18.1 Å². The summed E-state index contributed by atoms with van der Waals surface area (Å²) in [6.45, 7) is 8.10. The van der Waals surface area contributed by atoms with E-state index in [4.69, 9.17) is 9.47 Å². The van der Waals surface area contributed by atoms with Crippen molar-refractivity contribution in [3.63, 3.8) is 0 Å². The molecule has 4 rings (SSSR count). The Morgan fingerprint density at radius 2 is 1.89 bits per heavy atom. The van der Waals surface area contributed by atoms with E-state index < -0.39 is 21.4 Å². The Morgan fingerprint density at radius 1 is 1.14 bits per heavy atom. The molecule has 0 spiro atoms. The topological polar surface area (TPSA) is 134 Å². The second kappa shape index (κ2) is 11.6. The van der Waals surface area contributed by atoms with Crippen LogP contribution < -0.4 is 4.72 Å². The fraction of sp³-hybridized carbons (Fsp3) is 0.560. The fourth-order valence-electron chi connectivity index (χ4n) is 4.67. The van der Waals surface area contributed by atoms with Gasteiger partial charge in [-0.2, -0.15) is 0 Å². The van der Waals surface area contributed by atoms with Gasteiger partial charge in [-0.3, -0.25) is 14.3 Å². The number of nitrogens with one attached hydrogen (secondary N) is 1. The van der Waals surface area contributed by atoms with E-state index in [1.54, 1.807) is 31.7 Å². The molecule has 0 bridgehead atoms. The van der Waals surface area contributed by atoms with Crippen LogP contribution in [-0.2, 0) is 19.5 Å². The number of methoxy groups -OCH3 is 1. The predicted octanol–water partition coefficient (Wildman–Crippen LogP) is 3.79. The van der Waals surface area contributed by atoms with Crippen molar-refractivity contribution in [1.82, 2.24) is 29.7 Å². The molecule has 0 saturated carbocycles. The van der Waals surface area contributed by atoms with Gasteiger partial charge in [0.1, 0.15) is 11.4 Å². The summed E-state index contributed by atoms with van der Waals surface area (Å²) in [5.74, 6) is 0.956. The molecule has 4 atom stereocenters. The normalized spacial score (nSPS) is 18.8. The molecule has 3 aromatic heterocycles. The molecule has 0 aromatic carbocycles. The van der Waals surface area contributed by atoms with Crippen molar-refractivity contribution in [3.05, 3.63) is 47.8 Å². The number of nitrogens with zero attached hydrogens (tertiary/aromatic N) is 6. The van der Waals surface area contributed by atoms with E-state index in [1.165, 1.54) is 7.11 Å². The molecule has 12 heteroatoms. The lowest BCUT2D eigenvalue weighted by atomic mass is 9.99. The smallest absolute Gasteiger partial charge is 0.240 e. The van der Waals surface area contributed by atoms with Gasteiger partial charge in [0.25, 0.3) is 0 Å². The second-order valence-electron chi connectivity index (χ2n) is 9.48. The van der Waals surface area contributed by atoms with Gasteiger partial charge in [-0.15, -0.1) is 10.2 Å². The Hall–Kier alpha value is -2.96. The van der Waals surface area contributed by atoms with Crippen molar-refractivity contribution in [2.45, 2.75) is 76.9 Å². The van der Waals surface area contributed by atoms with E-state index in [2.05, 4.69) is 36.8 Å². The average Bonchev–Trinajstić information content (AvgIpc) is 3.29. The highest BCUT2D eigenvalue weighted by Gasteiger charge is 2.36. The summed E-state index contributed by atoms with van der Waals surface area (Å²) < 4.78 is 43.4. The largest absolute Gasteiger partial charge is 0.376 e. The summed E-state index contributed by atoms with van der Waals surface area (Å²) in [5, 5.41) is 7.68. The van der Waals surface area contributed by atoms with Crippen LogP contribution in [0.5, 0.6) is 0 Å². The van der Waals surface area contributed by atoms with Crippen LogP contribution in [0.15, 0.2) is 30.9 Å². The molecule has 1 N–H and O–H groups in total. The van der Waals surface area contributed by atoms with E-state index >= 15 is 0 Å². The summed E-state index contributed by atoms with van der Waals surface area (Å²) >= 11 is 0. The molecule has 0 radical (unpaired) electrons. The summed E-state index contributed by atoms with van der Waals surface area (Å²) in [6.07, 6.45) is 9.42. The zero-order valence-electron chi connectivity index (χ0n) is 22.0. The lowest BCUT2D eigenvalue weighted by molar-refractivity contribution is -0.0169. The van der Waals surface area contributed by atoms with Crippen LogP contribution in [0.2, 0.25) is 0 Å². The van der Waals surface area contributed by atoms with Crippen molar-refractivity contribution in [3.8, 4) is 11.4 Å². The standard InChI is InChI=1S/C25H35N7O4S/c1-6-20(21-9-7-8-10-36-21)32-24(19-11-16(2)12-26-15-19)29-30-25(32)31-37(33,34)18(4)22(35-5)23-27-13-17(3)14-28-23/h11-15,18,20-22H,6-10H2,1-5H3,(H,30,31)/t18-,20+,21?,22-/m0/s1. The van der Waals surface area contributed by atoms with Crippen molar-refractivity contribution in [2.24, 2.45) is 0 Å². The molecule has 1 aliphatic rings. The minimum Gasteiger partial charge on any atom is -0.376 e. The maximum atomic E-state index is 13.6. The Balaban J connectivity index is 1.73. The van der Waals surface area contributed by atoms with E-state index in [1.807, 2.05) is 24.5 Å². The molecule has 1 fully saturated rings. The number of anilines is 1. The van der Waals surface area contributed by atoms with Crippen molar-refractivity contribution < 1.29 is 17.9 Å². The SMILES string of the molecule is CC[C@H](C1CCCCO1)n1c(NS(=O)(=O)[C@@H](C)[C@H](OC)c2ncc(C)cn2)nnc1-c1cncc(C)c1. The van der Waals surface area contributed by atoms with Crippen LogP contribution in [-0.4, -0.2) is 63.2 Å². The maximum Gasteiger partial charge on any atom is 0.240 e. The molecule has 1 aliphatic heterocycles. The lowest BCUT2D eigenvalue weighted by Gasteiger charge is -2.32. The van der Waals surface area contributed by atoms with Gasteiger partial charge in [-0.25, -0.2) is 18.4 Å². The number of aryl methyl sites for hydroxylation is 2. The van der Waals surface area contributed by atoms with Crippen LogP contribution in [0, 0.1) is 13.8 Å². The molecular formula is C25H35N7O4S. The summed E-state index contributed by atoms with van der Waals surface area (Å²) in [5.41, 5.74) is 2.59. The third-order valence-electron chi connectivity index (χ3n) is 6.68. The van der Waals surface area contributed by atoms with Crippen LogP contribution >= 0.6 is 0 Å². The molecular weight excluding hydrogens is 494 g/mol. The lowest BCUT2D eigenvalue weighted by Crippen LogP contribution is -2.35. The highest BCUT2D eigenvalue weighted by Crippen LogP contribution is 2.34. The first-order chi connectivity index (χ1) is 17.7. The molecule has 11 nitrogen and oxygen atoms in total. The maximum absolute atomic E-state index is 13.6. The van der Waals surface area contributed by atoms with Crippen LogP contribution in [0.4, 0.5) is 5.95 Å². The molecule has 0 amide bonds. The van der Waals surface area contributed by atoms with Crippen LogP contribution in [0.1, 0.15) is 68.6 Å². The highest BCUT2D eigenvalue weighted by atomic mass is 32.2. The number of ether oxygens (including phenoxy) is 2. The Bertz CT molecular complexity index is 1290. The third-order valence-corrected chi connectivity index (χ3v) is 8.37. The first-order valence-corrected chi connectivity index (χ1v) is 14.1. The fourth-order valence-corrected chi connectivity index (χ4v) is 5.81. The van der Waals surface area contributed by atoms with Gasteiger partial charge < -0.3 is 9.47 Å². The molecule has 1 unspecified atom stereocenters. The average molecular weight is 530 g/mol. The minimum absolute atomic E-state index is 0.0837. The monoisotopic (exact) mass is 529 g/mol. The molecule has 37 heavy (non-hydrogen) atoms. The van der Waals surface area contributed by atoms with Gasteiger partial charge >= 0.3 is 0 Å². The number of hydrogen-bond donors (Lipinski definition) is 1. The molecule has 3 aromatic rings. The Labute approximate surface area is 218 Å². The van der Waals surface area contributed by atoms with Crippen molar-refractivity contribution in [1.29, 1.82) is 0 Å². The molecule has 200 valence electrons. The van der Waals surface area contributed by atoms with Gasteiger partial charge in [0.15, 0.2) is 11.6 Å². The van der Waals surface area contributed by atoms with Crippen molar-refractivity contribution in [2.75, 3.05) is 18.4 Å². The zero-order valence-corrected chi connectivity index (χ0v) is 22.8. The van der Waals surface area contributed by atoms with Crippen molar-refractivity contribution >= 4 is 16.0 Å². The van der Waals surface area contributed by atoms with Gasteiger partial charge in [0.2, 0.25) is 16.0 Å². The van der Waals surface area contributed by atoms with Crippen LogP contribution in [0.3, 0.4) is 0 Å². The molecule has 4 heterocycles. The highest BCUT2D eigenvalue weighted by molar-refractivity contribution is 7.93. The molecule has 0 aliphatic carbocycles. The predicted molar refractivity (Wildman–Crippen MR) is 139 cm³/mol. The third kappa shape index (κ3) is 5.97. The van der Waals surface area contributed by atoms with Gasteiger partial charge in [0.05, 0.1) is 12.1 Å². The number of pyridine rings is 1. The number of sulfonamides is 1. The summed E-state index contributed by atoms with van der Waals surface area (Å²) in [4.78, 5) is 12.9. The number of aromatic nitrogens is 6. The first kappa shape index (κ1) is 27.1. The summed E-state index contributed by atoms with van der Waals surface area (Å²) in [6, 6.07) is 1.79. The minimum atomic E-state index is -3.99. The number of rotatable bonds is 10. The van der Waals surface area contributed by atoms with Crippen LogP contribution in [0.25, 0.3) is 11.4 Å². The zero-order chi connectivity index (χ0) is 26.6. The number of hydrogen-bond acceptors (Lipinski definition) is 9. The van der Waals surface area contributed by atoms with Gasteiger partial charge in [0, 0.05) is 44.1 Å². The van der Waals surface area contributed by atoms with E-state index in [0.717, 1.165) is 36.0 Å². The first-order valence-electron chi connectivity index (χ1n) is 12.6. The Morgan fingerprint density at radius 3 is 2.51 bits per heavy atom. The second-order valence-corrected chi connectivity index (χ2v) is 11.5. The van der Waals surface area contributed by atoms with Gasteiger partial charge in [-0.05, 0) is 63.6 Å². The van der Waals surface area contributed by atoms with Gasteiger partial charge in [-0.1, -0.05) is 6.92 Å². The molecule has 1 saturated heterocycles. The quantitative estimate of drug-likeness (QED) is 0.416.